The van der Waals surface area contributed by atoms with Crippen molar-refractivity contribution >= 4 is 24.2 Å². The quantitative estimate of drug-likeness (QED) is 0.750. The predicted molar refractivity (Wildman–Crippen MR) is 92.0 cm³/mol. The van der Waals surface area contributed by atoms with Crippen LogP contribution in [0.5, 0.6) is 0 Å². The zero-order valence-corrected chi connectivity index (χ0v) is 15.0. The van der Waals surface area contributed by atoms with Crippen molar-refractivity contribution in [2.24, 2.45) is 5.73 Å². The van der Waals surface area contributed by atoms with Crippen LogP contribution in [-0.4, -0.2) is 41.4 Å². The van der Waals surface area contributed by atoms with Gasteiger partial charge in [-0.3, -0.25) is 9.59 Å². The van der Waals surface area contributed by atoms with E-state index in [-0.39, 0.29) is 30.3 Å². The molecule has 6 heteroatoms. The fourth-order valence-corrected chi connectivity index (χ4v) is 3.05. The van der Waals surface area contributed by atoms with Gasteiger partial charge in [0.2, 0.25) is 11.8 Å². The third kappa shape index (κ3) is 5.76. The van der Waals surface area contributed by atoms with Gasteiger partial charge in [-0.25, -0.2) is 0 Å². The number of nitrogens with one attached hydrogen (secondary N) is 1. The molecule has 0 heterocycles. The average Bonchev–Trinajstić information content (AvgIpc) is 2.47. The summed E-state index contributed by atoms with van der Waals surface area (Å²) < 4.78 is 0. The lowest BCUT2D eigenvalue weighted by atomic mass is 9.80. The molecule has 3 N–H and O–H groups in total. The standard InChI is InChI=1S/C16H31N3O2.ClH/c1-4-19(5-2)15(21)16(11-7-6-8-12-16)18-14(20)10-9-13(3)17;/h13H,4-12,17H2,1-3H3,(H,18,20);1H. The smallest absolute Gasteiger partial charge is 0.248 e. The predicted octanol–water partition coefficient (Wildman–Crippen LogP) is 2.22. The highest BCUT2D eigenvalue weighted by atomic mass is 35.5. The largest absolute Gasteiger partial charge is 0.342 e. The number of hydrogen-bond donors (Lipinski definition) is 2. The van der Waals surface area contributed by atoms with E-state index in [1.807, 2.05) is 25.7 Å². The fourth-order valence-electron chi connectivity index (χ4n) is 3.05. The highest BCUT2D eigenvalue weighted by Gasteiger charge is 2.42. The van der Waals surface area contributed by atoms with Crippen LogP contribution in [0.1, 0.15) is 65.7 Å². The Morgan fingerprint density at radius 3 is 2.18 bits per heavy atom. The molecular formula is C16H32ClN3O2. The lowest BCUT2D eigenvalue weighted by molar-refractivity contribution is -0.143. The summed E-state index contributed by atoms with van der Waals surface area (Å²) in [5.74, 6) is 0.0380. The van der Waals surface area contributed by atoms with Crippen LogP contribution in [0.15, 0.2) is 0 Å². The number of carbonyl (C=O) groups excluding carboxylic acids is 2. The number of amides is 2. The van der Waals surface area contributed by atoms with E-state index in [2.05, 4.69) is 5.32 Å². The first-order valence-electron chi connectivity index (χ1n) is 8.31. The molecule has 0 aliphatic heterocycles. The minimum absolute atomic E-state index is 0. The van der Waals surface area contributed by atoms with Gasteiger partial charge in [-0.2, -0.15) is 0 Å². The zero-order chi connectivity index (χ0) is 15.9. The van der Waals surface area contributed by atoms with Gasteiger partial charge in [0.25, 0.3) is 0 Å². The molecule has 0 spiro atoms. The van der Waals surface area contributed by atoms with Crippen molar-refractivity contribution < 1.29 is 9.59 Å². The number of rotatable bonds is 7. The molecule has 0 bridgehead atoms. The summed E-state index contributed by atoms with van der Waals surface area (Å²) in [7, 11) is 0. The highest BCUT2D eigenvalue weighted by molar-refractivity contribution is 5.91. The van der Waals surface area contributed by atoms with Crippen LogP contribution >= 0.6 is 12.4 Å². The topological polar surface area (TPSA) is 75.4 Å². The van der Waals surface area contributed by atoms with Crippen LogP contribution in [0, 0.1) is 0 Å². The lowest BCUT2D eigenvalue weighted by Crippen LogP contribution is -2.60. The maximum absolute atomic E-state index is 12.8. The first-order valence-corrected chi connectivity index (χ1v) is 8.31. The Kier molecular flexibility index (Phi) is 9.69. The van der Waals surface area contributed by atoms with E-state index in [1.165, 1.54) is 0 Å². The summed E-state index contributed by atoms with van der Waals surface area (Å²) in [5.41, 5.74) is 5.02. The summed E-state index contributed by atoms with van der Waals surface area (Å²) in [6.07, 6.45) is 5.70. The summed E-state index contributed by atoms with van der Waals surface area (Å²) >= 11 is 0. The van der Waals surface area contributed by atoms with Gasteiger partial charge in [0.15, 0.2) is 0 Å². The molecule has 2 amide bonds. The van der Waals surface area contributed by atoms with E-state index in [1.54, 1.807) is 0 Å². The Bertz CT molecular complexity index is 351. The Morgan fingerprint density at radius 2 is 1.73 bits per heavy atom. The molecule has 5 nitrogen and oxygen atoms in total. The van der Waals surface area contributed by atoms with Crippen molar-refractivity contribution in [3.63, 3.8) is 0 Å². The Labute approximate surface area is 140 Å². The third-order valence-electron chi connectivity index (χ3n) is 4.37. The Morgan fingerprint density at radius 1 is 1.18 bits per heavy atom. The fraction of sp³-hybridized carbons (Fsp3) is 0.875. The van der Waals surface area contributed by atoms with Crippen LogP contribution in [0.2, 0.25) is 0 Å². The van der Waals surface area contributed by atoms with E-state index < -0.39 is 5.54 Å². The first-order chi connectivity index (χ1) is 9.95. The number of halogens is 1. The second kappa shape index (κ2) is 10.1. The second-order valence-electron chi connectivity index (χ2n) is 6.18. The zero-order valence-electron chi connectivity index (χ0n) is 14.2. The maximum atomic E-state index is 12.8. The van der Waals surface area contributed by atoms with Gasteiger partial charge in [-0.05, 0) is 40.0 Å². The monoisotopic (exact) mass is 333 g/mol. The van der Waals surface area contributed by atoms with Gasteiger partial charge < -0.3 is 16.0 Å². The minimum atomic E-state index is -0.681. The summed E-state index contributed by atoms with van der Waals surface area (Å²) in [6, 6.07) is 0.0107. The van der Waals surface area contributed by atoms with Crippen LogP contribution in [0.3, 0.4) is 0 Å². The van der Waals surface area contributed by atoms with E-state index in [0.717, 1.165) is 32.1 Å². The van der Waals surface area contributed by atoms with E-state index >= 15 is 0 Å². The van der Waals surface area contributed by atoms with Crippen molar-refractivity contribution in [1.82, 2.24) is 10.2 Å². The van der Waals surface area contributed by atoms with Crippen molar-refractivity contribution in [1.29, 1.82) is 0 Å². The molecule has 0 saturated heterocycles. The third-order valence-corrected chi connectivity index (χ3v) is 4.37. The van der Waals surface area contributed by atoms with E-state index in [9.17, 15) is 9.59 Å². The van der Waals surface area contributed by atoms with Gasteiger partial charge in [0.05, 0.1) is 0 Å². The molecule has 0 aromatic heterocycles. The average molecular weight is 334 g/mol. The molecule has 1 saturated carbocycles. The Hall–Kier alpha value is -0.810. The molecule has 130 valence electrons. The maximum Gasteiger partial charge on any atom is 0.248 e. The number of likely N-dealkylation sites (N-methyl/N-ethyl adjacent to an activating group) is 1. The van der Waals surface area contributed by atoms with Gasteiger partial charge in [0.1, 0.15) is 5.54 Å². The second-order valence-corrected chi connectivity index (χ2v) is 6.18. The molecule has 0 radical (unpaired) electrons. The molecule has 1 fully saturated rings. The molecule has 1 unspecified atom stereocenters. The van der Waals surface area contributed by atoms with Crippen LogP contribution in [0.25, 0.3) is 0 Å². The number of carbonyl (C=O) groups is 2. The summed E-state index contributed by atoms with van der Waals surface area (Å²) in [6.45, 7) is 7.23. The molecule has 0 aromatic carbocycles. The summed E-state index contributed by atoms with van der Waals surface area (Å²) in [5, 5.41) is 3.05. The number of nitrogens with two attached hydrogens (primary N) is 1. The van der Waals surface area contributed by atoms with Gasteiger partial charge in [0, 0.05) is 25.6 Å². The normalized spacial score (nSPS) is 18.0. The van der Waals surface area contributed by atoms with Crippen LogP contribution in [0.4, 0.5) is 0 Å². The number of hydrogen-bond acceptors (Lipinski definition) is 3. The molecule has 1 atom stereocenters. The first kappa shape index (κ1) is 21.2. The van der Waals surface area contributed by atoms with E-state index in [0.29, 0.717) is 25.9 Å². The highest BCUT2D eigenvalue weighted by Crippen LogP contribution is 2.30. The molecule has 0 aromatic rings. The molecule has 1 aliphatic carbocycles. The van der Waals surface area contributed by atoms with Gasteiger partial charge in [-0.1, -0.05) is 19.3 Å². The number of nitrogens with zero attached hydrogens (tertiary/aromatic N) is 1. The minimum Gasteiger partial charge on any atom is -0.342 e. The van der Waals surface area contributed by atoms with Gasteiger partial charge in [-0.15, -0.1) is 12.4 Å². The van der Waals surface area contributed by atoms with Crippen molar-refractivity contribution in [2.45, 2.75) is 77.3 Å². The van der Waals surface area contributed by atoms with E-state index in [4.69, 9.17) is 5.73 Å². The Balaban J connectivity index is 0.00000441. The van der Waals surface area contributed by atoms with Crippen molar-refractivity contribution in [3.05, 3.63) is 0 Å². The molecule has 1 aliphatic rings. The molecule has 22 heavy (non-hydrogen) atoms. The summed E-state index contributed by atoms with van der Waals surface area (Å²) in [4.78, 5) is 26.9. The molecular weight excluding hydrogens is 302 g/mol. The molecule has 1 rings (SSSR count). The van der Waals surface area contributed by atoms with Crippen molar-refractivity contribution in [3.8, 4) is 0 Å². The SMILES string of the molecule is CCN(CC)C(=O)C1(NC(=O)CCC(C)N)CCCCC1.Cl. The van der Waals surface area contributed by atoms with Gasteiger partial charge >= 0.3 is 0 Å². The van der Waals surface area contributed by atoms with Crippen LogP contribution < -0.4 is 11.1 Å². The lowest BCUT2D eigenvalue weighted by Gasteiger charge is -2.40. The van der Waals surface area contributed by atoms with Crippen molar-refractivity contribution in [2.75, 3.05) is 13.1 Å². The van der Waals surface area contributed by atoms with Crippen LogP contribution in [-0.2, 0) is 9.59 Å².